The maximum atomic E-state index is 13.5. The highest BCUT2D eigenvalue weighted by Gasteiger charge is 2.43. The van der Waals surface area contributed by atoms with Gasteiger partial charge in [-0.05, 0) is 49.0 Å². The van der Waals surface area contributed by atoms with Gasteiger partial charge in [0.15, 0.2) is 16.9 Å². The van der Waals surface area contributed by atoms with Crippen molar-refractivity contribution >= 4 is 51.0 Å². The molecule has 9 nitrogen and oxygen atoms in total. The average Bonchev–Trinajstić information content (AvgIpc) is 3.38. The number of imidazole rings is 1. The SMILES string of the molecule is C=C(Cl)/C(C[C@H](OC(=O)[C@@H]1SCCN1S(=O)(=O)c1nccn1C)c1ccc(OC(F)F)c(OCC2CC2)c1)=C(\C)Cl. The van der Waals surface area contributed by atoms with Crippen LogP contribution in [-0.2, 0) is 26.6 Å². The number of esters is 1. The van der Waals surface area contributed by atoms with Crippen molar-refractivity contribution in [2.75, 3.05) is 18.9 Å². The lowest BCUT2D eigenvalue weighted by Crippen LogP contribution is -2.41. The molecule has 2 atom stereocenters. The van der Waals surface area contributed by atoms with Crippen LogP contribution < -0.4 is 9.47 Å². The van der Waals surface area contributed by atoms with E-state index in [2.05, 4.69) is 16.3 Å². The van der Waals surface area contributed by atoms with Gasteiger partial charge in [0, 0.05) is 48.2 Å². The number of ether oxygens (including phenoxy) is 3. The standard InChI is InChI=1S/C26H29Cl2F2N3O6S2/c1-15(27)19(16(2)28)13-21(18-6-7-20(39-25(29)30)22(12-18)37-14-17-4-5-17)38-24(34)23-33(10-11-40-23)41(35,36)26-31-8-9-32(26)3/h6-9,12,17,21,23,25H,1,4-5,10-11,13-14H2,2-3H3/b19-16+/t21-,23-/m0/s1. The molecule has 0 N–H and O–H groups in total. The van der Waals surface area contributed by atoms with E-state index in [-0.39, 0.29) is 34.7 Å². The number of rotatable bonds is 13. The number of benzene rings is 1. The number of aryl methyl sites for hydroxylation is 1. The molecule has 4 rings (SSSR count). The molecule has 2 heterocycles. The Morgan fingerprint density at radius 1 is 1.27 bits per heavy atom. The minimum atomic E-state index is -4.11. The van der Waals surface area contributed by atoms with E-state index in [0.717, 1.165) is 28.9 Å². The van der Waals surface area contributed by atoms with Crippen molar-refractivity contribution in [3.05, 3.63) is 58.4 Å². The van der Waals surface area contributed by atoms with E-state index in [1.54, 1.807) is 6.92 Å². The second-order valence-electron chi connectivity index (χ2n) is 9.55. The van der Waals surface area contributed by atoms with Gasteiger partial charge in [-0.1, -0.05) is 35.8 Å². The highest BCUT2D eigenvalue weighted by atomic mass is 35.5. The Kier molecular flexibility index (Phi) is 10.3. The number of alkyl halides is 2. The molecule has 1 aliphatic heterocycles. The van der Waals surface area contributed by atoms with Crippen LogP contribution >= 0.6 is 35.0 Å². The predicted molar refractivity (Wildman–Crippen MR) is 152 cm³/mol. The highest BCUT2D eigenvalue weighted by molar-refractivity contribution is 8.02. The van der Waals surface area contributed by atoms with Crippen LogP contribution in [0.15, 0.2) is 58.0 Å². The third kappa shape index (κ3) is 7.75. The lowest BCUT2D eigenvalue weighted by Gasteiger charge is -2.26. The van der Waals surface area contributed by atoms with Crippen LogP contribution in [0.1, 0.15) is 37.9 Å². The molecule has 1 aromatic carbocycles. The van der Waals surface area contributed by atoms with E-state index in [0.29, 0.717) is 34.4 Å². The first-order chi connectivity index (χ1) is 19.4. The maximum absolute atomic E-state index is 13.5. The quantitative estimate of drug-likeness (QED) is 0.198. The Balaban J connectivity index is 1.66. The molecule has 224 valence electrons. The fourth-order valence-electron chi connectivity index (χ4n) is 4.16. The number of carbonyl (C=O) groups is 1. The molecule has 15 heteroatoms. The second kappa shape index (κ2) is 13.3. The van der Waals surface area contributed by atoms with Crippen molar-refractivity contribution in [3.8, 4) is 11.5 Å². The predicted octanol–water partition coefficient (Wildman–Crippen LogP) is 5.81. The summed E-state index contributed by atoms with van der Waals surface area (Å²) < 4.78 is 71.5. The molecular weight excluding hydrogens is 623 g/mol. The van der Waals surface area contributed by atoms with E-state index in [9.17, 15) is 22.0 Å². The molecule has 1 saturated carbocycles. The number of carbonyl (C=O) groups excluding carboxylic acids is 1. The average molecular weight is 653 g/mol. The van der Waals surface area contributed by atoms with Crippen molar-refractivity contribution in [1.29, 1.82) is 0 Å². The van der Waals surface area contributed by atoms with Gasteiger partial charge in [0.25, 0.3) is 10.0 Å². The topological polar surface area (TPSA) is 100.0 Å². The molecule has 1 aliphatic carbocycles. The Morgan fingerprint density at radius 3 is 2.59 bits per heavy atom. The lowest BCUT2D eigenvalue weighted by molar-refractivity contribution is -0.150. The van der Waals surface area contributed by atoms with Crippen LogP contribution in [0.25, 0.3) is 0 Å². The number of allylic oxidation sites excluding steroid dienone is 2. The number of hydrogen-bond donors (Lipinski definition) is 0. The Morgan fingerprint density at radius 2 is 2.00 bits per heavy atom. The molecule has 0 unspecified atom stereocenters. The summed E-state index contributed by atoms with van der Waals surface area (Å²) in [6.45, 7) is 2.65. The van der Waals surface area contributed by atoms with Crippen LogP contribution in [0.4, 0.5) is 8.78 Å². The van der Waals surface area contributed by atoms with Gasteiger partial charge in [0.05, 0.1) is 6.61 Å². The smallest absolute Gasteiger partial charge is 0.387 e. The molecule has 0 radical (unpaired) electrons. The second-order valence-corrected chi connectivity index (χ2v) is 13.5. The fourth-order valence-corrected chi connectivity index (χ4v) is 7.75. The molecule has 1 saturated heterocycles. The van der Waals surface area contributed by atoms with Gasteiger partial charge < -0.3 is 18.8 Å². The molecule has 0 spiro atoms. The van der Waals surface area contributed by atoms with Gasteiger partial charge in [-0.15, -0.1) is 11.8 Å². The van der Waals surface area contributed by atoms with Crippen molar-refractivity contribution in [2.24, 2.45) is 13.0 Å². The van der Waals surface area contributed by atoms with E-state index >= 15 is 0 Å². The first kappa shape index (κ1) is 31.6. The van der Waals surface area contributed by atoms with Gasteiger partial charge in [-0.3, -0.25) is 0 Å². The zero-order valence-electron chi connectivity index (χ0n) is 22.3. The third-order valence-corrected chi connectivity index (χ3v) is 10.1. The van der Waals surface area contributed by atoms with Crippen LogP contribution in [0.3, 0.4) is 0 Å². The highest BCUT2D eigenvalue weighted by Crippen LogP contribution is 2.40. The molecular formula is C26H29Cl2F2N3O6S2. The van der Waals surface area contributed by atoms with Crippen LogP contribution in [-0.4, -0.2) is 59.1 Å². The van der Waals surface area contributed by atoms with Gasteiger partial charge in [0.1, 0.15) is 6.10 Å². The van der Waals surface area contributed by atoms with Gasteiger partial charge in [-0.2, -0.15) is 13.1 Å². The van der Waals surface area contributed by atoms with Gasteiger partial charge in [0.2, 0.25) is 5.16 Å². The molecule has 1 aromatic heterocycles. The zero-order valence-corrected chi connectivity index (χ0v) is 25.4. The summed E-state index contributed by atoms with van der Waals surface area (Å²) in [7, 11) is -2.57. The minimum Gasteiger partial charge on any atom is -0.489 e. The number of hydrogen-bond acceptors (Lipinski definition) is 8. The molecule has 2 aliphatic rings. The summed E-state index contributed by atoms with van der Waals surface area (Å²) in [6, 6.07) is 4.22. The van der Waals surface area contributed by atoms with Crippen molar-refractivity contribution < 1.29 is 36.2 Å². The number of halogens is 4. The largest absolute Gasteiger partial charge is 0.489 e. The van der Waals surface area contributed by atoms with Crippen molar-refractivity contribution in [2.45, 2.75) is 49.4 Å². The normalized spacial score (nSPS) is 19.1. The molecule has 0 bridgehead atoms. The third-order valence-electron chi connectivity index (χ3n) is 6.49. The molecule has 2 aromatic rings. The Bertz CT molecular complexity index is 1430. The maximum Gasteiger partial charge on any atom is 0.387 e. The monoisotopic (exact) mass is 651 g/mol. The minimum absolute atomic E-state index is 0.0238. The first-order valence-corrected chi connectivity index (χ1v) is 15.9. The molecule has 41 heavy (non-hydrogen) atoms. The summed E-state index contributed by atoms with van der Waals surface area (Å²) in [4.78, 5) is 17.5. The fraction of sp³-hybridized carbons (Fsp3) is 0.462. The van der Waals surface area contributed by atoms with Crippen LogP contribution in [0.5, 0.6) is 11.5 Å². The summed E-state index contributed by atoms with van der Waals surface area (Å²) in [5, 5.41) is -0.962. The van der Waals surface area contributed by atoms with Crippen molar-refractivity contribution in [3.63, 3.8) is 0 Å². The Hall–Kier alpha value is -2.32. The first-order valence-electron chi connectivity index (χ1n) is 12.6. The van der Waals surface area contributed by atoms with E-state index < -0.39 is 34.1 Å². The number of nitrogens with zero attached hydrogens (tertiary/aromatic N) is 3. The molecule has 0 amide bonds. The lowest BCUT2D eigenvalue weighted by atomic mass is 10.00. The van der Waals surface area contributed by atoms with Crippen LogP contribution in [0.2, 0.25) is 0 Å². The van der Waals surface area contributed by atoms with Gasteiger partial charge >= 0.3 is 12.6 Å². The summed E-state index contributed by atoms with van der Waals surface area (Å²) in [6.07, 6.45) is 3.72. The zero-order chi connectivity index (χ0) is 29.9. The number of thioether (sulfide) groups is 1. The summed E-state index contributed by atoms with van der Waals surface area (Å²) >= 11 is 13.6. The van der Waals surface area contributed by atoms with E-state index in [1.165, 1.54) is 42.2 Å². The van der Waals surface area contributed by atoms with E-state index in [4.69, 9.17) is 32.7 Å². The molecule has 2 fully saturated rings. The number of sulfonamides is 1. The summed E-state index contributed by atoms with van der Waals surface area (Å²) in [5.74, 6) is -0.250. The van der Waals surface area contributed by atoms with Crippen LogP contribution in [0, 0.1) is 5.92 Å². The Labute approximate surface area is 251 Å². The van der Waals surface area contributed by atoms with Crippen molar-refractivity contribution in [1.82, 2.24) is 13.9 Å². The van der Waals surface area contributed by atoms with E-state index in [1.807, 2.05) is 0 Å². The summed E-state index contributed by atoms with van der Waals surface area (Å²) in [5.41, 5.74) is 0.775. The number of aromatic nitrogens is 2. The van der Waals surface area contributed by atoms with Gasteiger partial charge in [-0.25, -0.2) is 18.2 Å².